The minimum absolute atomic E-state index is 0.0571. The molecule has 2 fully saturated rings. The summed E-state index contributed by atoms with van der Waals surface area (Å²) in [6, 6.07) is 4.50. The maximum absolute atomic E-state index is 12.7. The normalized spacial score (nSPS) is 22.4. The SMILES string of the molecule is CC(=O)N1CCc2c(ccc(OC3CCN(C4CCC4)CC3)[n+]2[O-])C1. The number of aromatic nitrogens is 1. The molecule has 0 spiro atoms. The van der Waals surface area contributed by atoms with Crippen LogP contribution in [0.4, 0.5) is 0 Å². The molecule has 0 bridgehead atoms. The zero-order valence-corrected chi connectivity index (χ0v) is 14.9. The molecule has 1 aliphatic carbocycles. The number of fused-ring (bicyclic) bond motifs is 1. The lowest BCUT2D eigenvalue weighted by Gasteiger charge is -2.41. The van der Waals surface area contributed by atoms with Crippen molar-refractivity contribution < 1.29 is 14.3 Å². The quantitative estimate of drug-likeness (QED) is 0.617. The fourth-order valence-corrected chi connectivity index (χ4v) is 4.17. The smallest absolute Gasteiger partial charge is 0.379 e. The average Bonchev–Trinajstić information content (AvgIpc) is 2.57. The van der Waals surface area contributed by atoms with Crippen molar-refractivity contribution in [3.63, 3.8) is 0 Å². The van der Waals surface area contributed by atoms with E-state index in [0.717, 1.165) is 48.0 Å². The zero-order chi connectivity index (χ0) is 17.4. The van der Waals surface area contributed by atoms with Crippen LogP contribution >= 0.6 is 0 Å². The van der Waals surface area contributed by atoms with Crippen LogP contribution < -0.4 is 9.47 Å². The standard InChI is InChI=1S/C19H27N3O3/c1-14(23)21-12-9-18-15(13-21)5-6-19(22(18)24)25-17-7-10-20(11-8-17)16-3-2-4-16/h5-6,16-17H,2-4,7-13H2,1H3. The van der Waals surface area contributed by atoms with E-state index < -0.39 is 0 Å². The summed E-state index contributed by atoms with van der Waals surface area (Å²) in [6.45, 7) is 4.85. The number of piperidine rings is 1. The third-order valence-corrected chi connectivity index (χ3v) is 6.02. The van der Waals surface area contributed by atoms with Gasteiger partial charge in [-0.1, -0.05) is 6.42 Å². The largest absolute Gasteiger partial charge is 0.616 e. The van der Waals surface area contributed by atoms with Crippen molar-refractivity contribution in [2.75, 3.05) is 19.6 Å². The van der Waals surface area contributed by atoms with Gasteiger partial charge in [-0.3, -0.25) is 4.79 Å². The van der Waals surface area contributed by atoms with Crippen LogP contribution in [0, 0.1) is 5.21 Å². The minimum Gasteiger partial charge on any atom is -0.616 e. The Labute approximate surface area is 148 Å². The maximum Gasteiger partial charge on any atom is 0.379 e. The molecule has 6 heteroatoms. The van der Waals surface area contributed by atoms with Crippen molar-refractivity contribution in [3.05, 3.63) is 28.6 Å². The van der Waals surface area contributed by atoms with Crippen LogP contribution in [-0.4, -0.2) is 47.5 Å². The lowest BCUT2D eigenvalue weighted by Crippen LogP contribution is -2.48. The summed E-state index contributed by atoms with van der Waals surface area (Å²) < 4.78 is 7.00. The predicted molar refractivity (Wildman–Crippen MR) is 93.1 cm³/mol. The van der Waals surface area contributed by atoms with Crippen LogP contribution in [0.2, 0.25) is 0 Å². The molecule has 0 unspecified atom stereocenters. The van der Waals surface area contributed by atoms with Crippen molar-refractivity contribution in [2.24, 2.45) is 0 Å². The summed E-state index contributed by atoms with van der Waals surface area (Å²) >= 11 is 0. The van der Waals surface area contributed by atoms with Crippen molar-refractivity contribution in [2.45, 2.75) is 64.1 Å². The van der Waals surface area contributed by atoms with E-state index in [0.29, 0.717) is 25.4 Å². The predicted octanol–water partition coefficient (Wildman–Crippen LogP) is 1.62. The molecule has 0 radical (unpaired) electrons. The number of carbonyl (C=O) groups is 1. The molecule has 6 nitrogen and oxygen atoms in total. The monoisotopic (exact) mass is 345 g/mol. The number of hydrogen-bond acceptors (Lipinski definition) is 4. The van der Waals surface area contributed by atoms with E-state index in [1.807, 2.05) is 6.07 Å². The van der Waals surface area contributed by atoms with Gasteiger partial charge in [-0.05, 0) is 31.7 Å². The van der Waals surface area contributed by atoms with Crippen LogP contribution in [-0.2, 0) is 17.8 Å². The number of ether oxygens (including phenoxy) is 1. The molecule has 25 heavy (non-hydrogen) atoms. The number of hydrogen-bond donors (Lipinski definition) is 0. The molecule has 4 rings (SSSR count). The molecule has 0 N–H and O–H groups in total. The highest BCUT2D eigenvalue weighted by molar-refractivity contribution is 5.73. The number of likely N-dealkylation sites (tertiary alicyclic amines) is 1. The summed E-state index contributed by atoms with van der Waals surface area (Å²) in [4.78, 5) is 15.9. The number of amides is 1. The molecule has 1 aromatic heterocycles. The third kappa shape index (κ3) is 3.32. The van der Waals surface area contributed by atoms with E-state index in [4.69, 9.17) is 4.74 Å². The second kappa shape index (κ2) is 6.83. The molecular formula is C19H27N3O3. The van der Waals surface area contributed by atoms with Crippen LogP contribution in [0.5, 0.6) is 5.88 Å². The Morgan fingerprint density at radius 2 is 1.96 bits per heavy atom. The molecule has 136 valence electrons. The molecular weight excluding hydrogens is 318 g/mol. The van der Waals surface area contributed by atoms with Gasteiger partial charge < -0.3 is 19.7 Å². The van der Waals surface area contributed by atoms with Crippen LogP contribution in [0.25, 0.3) is 0 Å². The fourth-order valence-electron chi connectivity index (χ4n) is 4.17. The number of pyridine rings is 1. The average molecular weight is 345 g/mol. The third-order valence-electron chi connectivity index (χ3n) is 6.02. The van der Waals surface area contributed by atoms with E-state index in [9.17, 15) is 10.0 Å². The first-order chi connectivity index (χ1) is 12.1. The van der Waals surface area contributed by atoms with Gasteiger partial charge in [-0.25, -0.2) is 0 Å². The molecule has 0 atom stereocenters. The van der Waals surface area contributed by atoms with Crippen LogP contribution in [0.15, 0.2) is 12.1 Å². The van der Waals surface area contributed by atoms with Crippen molar-refractivity contribution in [3.8, 4) is 5.88 Å². The van der Waals surface area contributed by atoms with Crippen LogP contribution in [0.1, 0.15) is 50.3 Å². The van der Waals surface area contributed by atoms with Crippen molar-refractivity contribution in [1.29, 1.82) is 0 Å². The van der Waals surface area contributed by atoms with E-state index in [1.54, 1.807) is 17.9 Å². The Balaban J connectivity index is 1.39. The molecule has 2 aliphatic heterocycles. The molecule has 1 saturated carbocycles. The van der Waals surface area contributed by atoms with Gasteiger partial charge in [0.2, 0.25) is 11.6 Å². The van der Waals surface area contributed by atoms with Gasteiger partial charge in [0, 0.05) is 38.2 Å². The summed E-state index contributed by atoms with van der Waals surface area (Å²) in [5.74, 6) is 0.471. The van der Waals surface area contributed by atoms with Gasteiger partial charge in [0.25, 0.3) is 0 Å². The highest BCUT2D eigenvalue weighted by Gasteiger charge is 2.31. The number of nitrogens with zero attached hydrogens (tertiary/aromatic N) is 3. The second-order valence-corrected chi connectivity index (χ2v) is 7.57. The molecule has 1 saturated heterocycles. The Morgan fingerprint density at radius 1 is 1.20 bits per heavy atom. The number of rotatable bonds is 3. The molecule has 1 amide bonds. The Kier molecular flexibility index (Phi) is 4.54. The van der Waals surface area contributed by atoms with E-state index >= 15 is 0 Å². The molecule has 1 aromatic rings. The van der Waals surface area contributed by atoms with Crippen molar-refractivity contribution in [1.82, 2.24) is 9.80 Å². The zero-order valence-electron chi connectivity index (χ0n) is 14.9. The van der Waals surface area contributed by atoms with E-state index in [2.05, 4.69) is 4.90 Å². The summed E-state index contributed by atoms with van der Waals surface area (Å²) in [7, 11) is 0. The van der Waals surface area contributed by atoms with Gasteiger partial charge in [0.1, 0.15) is 6.10 Å². The summed E-state index contributed by atoms with van der Waals surface area (Å²) in [6.07, 6.45) is 6.76. The Morgan fingerprint density at radius 3 is 2.60 bits per heavy atom. The van der Waals surface area contributed by atoms with Gasteiger partial charge in [-0.15, -0.1) is 4.73 Å². The van der Waals surface area contributed by atoms with Crippen LogP contribution in [0.3, 0.4) is 0 Å². The lowest BCUT2D eigenvalue weighted by atomic mass is 9.90. The van der Waals surface area contributed by atoms with Crippen molar-refractivity contribution >= 4 is 5.91 Å². The first-order valence-electron chi connectivity index (χ1n) is 9.52. The first-order valence-corrected chi connectivity index (χ1v) is 9.52. The first kappa shape index (κ1) is 16.6. The fraction of sp³-hybridized carbons (Fsp3) is 0.684. The number of carbonyl (C=O) groups excluding carboxylic acids is 1. The van der Waals surface area contributed by atoms with Gasteiger partial charge in [0.15, 0.2) is 0 Å². The minimum atomic E-state index is 0.0571. The lowest BCUT2D eigenvalue weighted by molar-refractivity contribution is -0.623. The maximum atomic E-state index is 12.7. The van der Waals surface area contributed by atoms with E-state index in [1.165, 1.54) is 19.3 Å². The topological polar surface area (TPSA) is 59.7 Å². The Bertz CT molecular complexity index is 652. The molecule has 3 aliphatic rings. The summed E-state index contributed by atoms with van der Waals surface area (Å²) in [5, 5.41) is 12.7. The summed E-state index contributed by atoms with van der Waals surface area (Å²) in [5.41, 5.74) is 1.69. The van der Waals surface area contributed by atoms with E-state index in [-0.39, 0.29) is 12.0 Å². The van der Waals surface area contributed by atoms with Gasteiger partial charge >= 0.3 is 5.88 Å². The van der Waals surface area contributed by atoms with Gasteiger partial charge in [-0.2, -0.15) is 0 Å². The highest BCUT2D eigenvalue weighted by Crippen LogP contribution is 2.28. The second-order valence-electron chi connectivity index (χ2n) is 7.57. The Hall–Kier alpha value is -1.82. The van der Waals surface area contributed by atoms with Gasteiger partial charge in [0.05, 0.1) is 19.0 Å². The molecule has 0 aromatic carbocycles. The highest BCUT2D eigenvalue weighted by atomic mass is 16.6. The molecule has 3 heterocycles.